The van der Waals surface area contributed by atoms with Crippen LogP contribution in [0.25, 0.3) is 0 Å². The molecule has 6 nitrogen and oxygen atoms in total. The number of amides is 3. The lowest BCUT2D eigenvalue weighted by molar-refractivity contribution is -0.133. The van der Waals surface area contributed by atoms with Crippen LogP contribution in [-0.4, -0.2) is 60.6 Å². The molecule has 0 bridgehead atoms. The van der Waals surface area contributed by atoms with E-state index in [1.165, 1.54) is 12.1 Å². The third kappa shape index (κ3) is 5.11. The zero-order valence-electron chi connectivity index (χ0n) is 14.1. The minimum Gasteiger partial charge on any atom is -0.481 e. The summed E-state index contributed by atoms with van der Waals surface area (Å²) in [6.45, 7) is 5.70. The largest absolute Gasteiger partial charge is 0.481 e. The van der Waals surface area contributed by atoms with Crippen molar-refractivity contribution in [2.45, 2.75) is 26.3 Å². The first-order valence-electron chi connectivity index (χ1n) is 8.18. The molecule has 1 aromatic rings. The molecule has 1 aliphatic rings. The molecule has 1 aromatic carbocycles. The number of ether oxygens (including phenoxy) is 1. The molecule has 1 aliphatic heterocycles. The number of rotatable bonds is 4. The van der Waals surface area contributed by atoms with Crippen LogP contribution in [0.2, 0.25) is 0 Å². The quantitative estimate of drug-likeness (QED) is 0.912. The third-order valence-corrected chi connectivity index (χ3v) is 3.74. The topological polar surface area (TPSA) is 61.9 Å². The van der Waals surface area contributed by atoms with Gasteiger partial charge in [0.1, 0.15) is 0 Å². The van der Waals surface area contributed by atoms with Gasteiger partial charge in [-0.1, -0.05) is 12.1 Å². The van der Waals surface area contributed by atoms with Gasteiger partial charge in [0.2, 0.25) is 0 Å². The smallest absolute Gasteiger partial charge is 0.317 e. The lowest BCUT2D eigenvalue weighted by Gasteiger charge is -2.23. The van der Waals surface area contributed by atoms with Crippen LogP contribution in [0.1, 0.15) is 20.3 Å². The molecule has 1 saturated heterocycles. The standard InChI is InChI=1S/C17H24FN3O3/c1-13(2)19-17(23)21-9-5-8-20(10-11-21)16(22)12-24-15-7-4-3-6-14(15)18/h3-4,6-7,13H,5,8-12H2,1-2H3,(H,19,23). The number of benzene rings is 1. The van der Waals surface area contributed by atoms with Crippen LogP contribution in [-0.2, 0) is 4.79 Å². The number of para-hydroxylation sites is 1. The minimum atomic E-state index is -0.488. The fraction of sp³-hybridized carbons (Fsp3) is 0.529. The number of carbonyl (C=O) groups is 2. The Morgan fingerprint density at radius 1 is 1.17 bits per heavy atom. The van der Waals surface area contributed by atoms with Gasteiger partial charge in [-0.2, -0.15) is 0 Å². The molecular formula is C17H24FN3O3. The highest BCUT2D eigenvalue weighted by molar-refractivity contribution is 5.78. The lowest BCUT2D eigenvalue weighted by atomic mass is 10.3. The summed E-state index contributed by atoms with van der Waals surface area (Å²) >= 11 is 0. The van der Waals surface area contributed by atoms with Gasteiger partial charge in [0, 0.05) is 32.2 Å². The average Bonchev–Trinajstić information content (AvgIpc) is 2.79. The monoisotopic (exact) mass is 337 g/mol. The summed E-state index contributed by atoms with van der Waals surface area (Å²) in [7, 11) is 0. The van der Waals surface area contributed by atoms with Crippen LogP contribution >= 0.6 is 0 Å². The Kier molecular flexibility index (Phi) is 6.40. The Hall–Kier alpha value is -2.31. The molecule has 132 valence electrons. The normalized spacial score (nSPS) is 15.2. The molecule has 0 saturated carbocycles. The number of nitrogens with zero attached hydrogens (tertiary/aromatic N) is 2. The molecule has 0 aromatic heterocycles. The van der Waals surface area contributed by atoms with E-state index in [0.717, 1.165) is 0 Å². The SMILES string of the molecule is CC(C)NC(=O)N1CCCN(C(=O)COc2ccccc2F)CC1. The van der Waals surface area contributed by atoms with E-state index in [2.05, 4.69) is 5.32 Å². The van der Waals surface area contributed by atoms with Gasteiger partial charge >= 0.3 is 6.03 Å². The van der Waals surface area contributed by atoms with Crippen molar-refractivity contribution in [3.05, 3.63) is 30.1 Å². The van der Waals surface area contributed by atoms with Gasteiger partial charge in [-0.25, -0.2) is 9.18 Å². The van der Waals surface area contributed by atoms with Gasteiger partial charge in [0.05, 0.1) is 0 Å². The van der Waals surface area contributed by atoms with Crippen molar-refractivity contribution in [1.29, 1.82) is 0 Å². The predicted molar refractivity (Wildman–Crippen MR) is 88.3 cm³/mol. The summed E-state index contributed by atoms with van der Waals surface area (Å²) in [6, 6.07) is 5.96. The van der Waals surface area contributed by atoms with Gasteiger partial charge in [-0.15, -0.1) is 0 Å². The summed E-state index contributed by atoms with van der Waals surface area (Å²) in [4.78, 5) is 27.6. The van der Waals surface area contributed by atoms with Crippen LogP contribution < -0.4 is 10.1 Å². The highest BCUT2D eigenvalue weighted by Crippen LogP contribution is 2.15. The Bertz CT molecular complexity index is 580. The first-order chi connectivity index (χ1) is 11.5. The minimum absolute atomic E-state index is 0.0682. The molecule has 0 spiro atoms. The van der Waals surface area contributed by atoms with Crippen molar-refractivity contribution in [2.75, 3.05) is 32.8 Å². The van der Waals surface area contributed by atoms with Crippen molar-refractivity contribution in [1.82, 2.24) is 15.1 Å². The van der Waals surface area contributed by atoms with E-state index in [1.807, 2.05) is 13.8 Å². The van der Waals surface area contributed by atoms with Crippen LogP contribution in [0.5, 0.6) is 5.75 Å². The van der Waals surface area contributed by atoms with Crippen LogP contribution in [0.3, 0.4) is 0 Å². The first-order valence-corrected chi connectivity index (χ1v) is 8.18. The van der Waals surface area contributed by atoms with Crippen molar-refractivity contribution in [3.63, 3.8) is 0 Å². The Balaban J connectivity index is 1.83. The number of halogens is 1. The zero-order valence-corrected chi connectivity index (χ0v) is 14.1. The summed E-state index contributed by atoms with van der Waals surface area (Å²) < 4.78 is 18.8. The molecule has 1 fully saturated rings. The number of nitrogens with one attached hydrogen (secondary N) is 1. The first kappa shape index (κ1) is 18.0. The second-order valence-corrected chi connectivity index (χ2v) is 6.04. The van der Waals surface area contributed by atoms with Gasteiger partial charge in [0.25, 0.3) is 5.91 Å². The molecule has 0 unspecified atom stereocenters. The number of hydrogen-bond donors (Lipinski definition) is 1. The summed E-state index contributed by atoms with van der Waals surface area (Å²) in [5.74, 6) is -0.624. The molecule has 3 amide bonds. The molecule has 24 heavy (non-hydrogen) atoms. The molecule has 0 radical (unpaired) electrons. The summed E-state index contributed by atoms with van der Waals surface area (Å²) in [5.41, 5.74) is 0. The average molecular weight is 337 g/mol. The Morgan fingerprint density at radius 3 is 2.54 bits per heavy atom. The van der Waals surface area contributed by atoms with Crippen molar-refractivity contribution in [2.24, 2.45) is 0 Å². The van der Waals surface area contributed by atoms with E-state index in [9.17, 15) is 14.0 Å². The maximum atomic E-state index is 13.5. The lowest BCUT2D eigenvalue weighted by Crippen LogP contribution is -2.45. The molecule has 7 heteroatoms. The van der Waals surface area contributed by atoms with E-state index in [1.54, 1.807) is 21.9 Å². The van der Waals surface area contributed by atoms with E-state index in [-0.39, 0.29) is 30.3 Å². The van der Waals surface area contributed by atoms with Crippen LogP contribution in [0, 0.1) is 5.82 Å². The van der Waals surface area contributed by atoms with Gasteiger partial charge < -0.3 is 19.9 Å². The maximum Gasteiger partial charge on any atom is 0.317 e. The number of urea groups is 1. The molecule has 1 N–H and O–H groups in total. The highest BCUT2D eigenvalue weighted by Gasteiger charge is 2.22. The van der Waals surface area contributed by atoms with E-state index in [4.69, 9.17) is 4.74 Å². The van der Waals surface area contributed by atoms with E-state index < -0.39 is 5.82 Å². The molecule has 0 atom stereocenters. The second-order valence-electron chi connectivity index (χ2n) is 6.04. The Labute approximate surface area is 141 Å². The summed E-state index contributed by atoms with van der Waals surface area (Å²) in [6.07, 6.45) is 0.705. The molecule has 0 aliphatic carbocycles. The van der Waals surface area contributed by atoms with Crippen LogP contribution in [0.4, 0.5) is 9.18 Å². The summed E-state index contributed by atoms with van der Waals surface area (Å²) in [5, 5.41) is 2.85. The van der Waals surface area contributed by atoms with E-state index >= 15 is 0 Å². The van der Waals surface area contributed by atoms with Gasteiger partial charge in [-0.05, 0) is 32.4 Å². The van der Waals surface area contributed by atoms with Crippen molar-refractivity contribution in [3.8, 4) is 5.75 Å². The third-order valence-electron chi connectivity index (χ3n) is 3.74. The number of hydrogen-bond acceptors (Lipinski definition) is 3. The zero-order chi connectivity index (χ0) is 17.5. The van der Waals surface area contributed by atoms with Gasteiger partial charge in [-0.3, -0.25) is 4.79 Å². The van der Waals surface area contributed by atoms with Crippen molar-refractivity contribution >= 4 is 11.9 Å². The van der Waals surface area contributed by atoms with E-state index in [0.29, 0.717) is 32.6 Å². The van der Waals surface area contributed by atoms with Crippen molar-refractivity contribution < 1.29 is 18.7 Å². The van der Waals surface area contributed by atoms with Crippen LogP contribution in [0.15, 0.2) is 24.3 Å². The predicted octanol–water partition coefficient (Wildman–Crippen LogP) is 1.86. The van der Waals surface area contributed by atoms with Gasteiger partial charge in [0.15, 0.2) is 18.2 Å². The fourth-order valence-electron chi connectivity index (χ4n) is 2.50. The second kappa shape index (κ2) is 8.52. The maximum absolute atomic E-state index is 13.5. The molecule has 1 heterocycles. The molecular weight excluding hydrogens is 313 g/mol. The Morgan fingerprint density at radius 2 is 1.83 bits per heavy atom. The number of carbonyl (C=O) groups excluding carboxylic acids is 2. The molecule has 2 rings (SSSR count). The fourth-order valence-corrected chi connectivity index (χ4v) is 2.50. The highest BCUT2D eigenvalue weighted by atomic mass is 19.1.